The van der Waals surface area contributed by atoms with Crippen molar-refractivity contribution >= 4 is 5.65 Å². The topological polar surface area (TPSA) is 72.0 Å². The number of aryl methyl sites for hydroxylation is 1. The van der Waals surface area contributed by atoms with Crippen LogP contribution in [0.1, 0.15) is 11.5 Å². The molecule has 2 aromatic heterocycles. The number of aromatic amines is 1. The molecule has 0 aliphatic rings. The van der Waals surface area contributed by atoms with Crippen LogP contribution in [0.2, 0.25) is 0 Å². The van der Waals surface area contributed by atoms with E-state index in [1.807, 2.05) is 17.5 Å². The second-order valence-corrected chi connectivity index (χ2v) is 2.79. The Morgan fingerprint density at radius 2 is 2.42 bits per heavy atom. The summed E-state index contributed by atoms with van der Waals surface area (Å²) < 4.78 is 1.86. The van der Waals surface area contributed by atoms with Crippen LogP contribution in [0.4, 0.5) is 0 Å². The second-order valence-electron chi connectivity index (χ2n) is 2.79. The van der Waals surface area contributed by atoms with E-state index >= 15 is 0 Å². The van der Waals surface area contributed by atoms with Crippen LogP contribution in [0, 0.1) is 6.92 Å². The number of aromatic nitrogens is 4. The summed E-state index contributed by atoms with van der Waals surface area (Å²) in [5, 5.41) is 11.1. The van der Waals surface area contributed by atoms with E-state index in [4.69, 9.17) is 5.73 Å². The van der Waals surface area contributed by atoms with Crippen molar-refractivity contribution in [3.63, 3.8) is 0 Å². The normalized spacial score (nSPS) is 11.2. The van der Waals surface area contributed by atoms with Gasteiger partial charge in [0.25, 0.3) is 0 Å². The van der Waals surface area contributed by atoms with Crippen LogP contribution < -0.4 is 5.73 Å². The maximum atomic E-state index is 5.42. The van der Waals surface area contributed by atoms with Crippen LogP contribution in [0.5, 0.6) is 0 Å². The van der Waals surface area contributed by atoms with Crippen molar-refractivity contribution in [1.29, 1.82) is 0 Å². The minimum absolute atomic E-state index is 0.596. The first kappa shape index (κ1) is 7.30. The van der Waals surface area contributed by atoms with Crippen LogP contribution >= 0.6 is 0 Å². The van der Waals surface area contributed by atoms with Crippen LogP contribution in [0.25, 0.3) is 5.65 Å². The maximum Gasteiger partial charge on any atom is 0.177 e. The Kier molecular flexibility index (Phi) is 1.58. The van der Waals surface area contributed by atoms with Gasteiger partial charge in [0.15, 0.2) is 11.5 Å². The van der Waals surface area contributed by atoms with Gasteiger partial charge in [-0.3, -0.25) is 5.10 Å². The van der Waals surface area contributed by atoms with Crippen molar-refractivity contribution < 1.29 is 0 Å². The number of rotatable bonds is 2. The van der Waals surface area contributed by atoms with E-state index in [1.54, 1.807) is 0 Å². The Balaban J connectivity index is 2.53. The number of hydrogen-bond acceptors (Lipinski definition) is 3. The average Bonchev–Trinajstić information content (AvgIpc) is 2.52. The van der Waals surface area contributed by atoms with Gasteiger partial charge in [-0.2, -0.15) is 0 Å². The summed E-state index contributed by atoms with van der Waals surface area (Å²) in [6, 6.07) is 1.95. The Morgan fingerprint density at radius 1 is 1.58 bits per heavy atom. The monoisotopic (exact) mass is 165 g/mol. The first-order valence-electron chi connectivity index (χ1n) is 3.91. The average molecular weight is 165 g/mol. The highest BCUT2D eigenvalue weighted by Crippen LogP contribution is 2.04. The van der Waals surface area contributed by atoms with Gasteiger partial charge in [0.05, 0.1) is 0 Å². The van der Waals surface area contributed by atoms with Crippen molar-refractivity contribution in [2.24, 2.45) is 5.73 Å². The SMILES string of the molecule is Cc1cc2nnc(CCN)n2[nH]1. The molecule has 0 bridgehead atoms. The Morgan fingerprint density at radius 3 is 3.17 bits per heavy atom. The van der Waals surface area contributed by atoms with Gasteiger partial charge < -0.3 is 5.73 Å². The summed E-state index contributed by atoms with van der Waals surface area (Å²) in [7, 11) is 0. The van der Waals surface area contributed by atoms with Gasteiger partial charge in [-0.25, -0.2) is 4.52 Å². The van der Waals surface area contributed by atoms with E-state index in [0.717, 1.165) is 23.6 Å². The van der Waals surface area contributed by atoms with E-state index < -0.39 is 0 Å². The Labute approximate surface area is 69.6 Å². The molecule has 5 heteroatoms. The van der Waals surface area contributed by atoms with E-state index in [0.29, 0.717) is 6.54 Å². The van der Waals surface area contributed by atoms with Gasteiger partial charge in [-0.15, -0.1) is 10.2 Å². The number of hydrogen-bond donors (Lipinski definition) is 2. The van der Waals surface area contributed by atoms with Gasteiger partial charge in [0.2, 0.25) is 0 Å². The van der Waals surface area contributed by atoms with Crippen molar-refractivity contribution in [2.45, 2.75) is 13.3 Å². The van der Waals surface area contributed by atoms with Crippen molar-refractivity contribution in [2.75, 3.05) is 6.54 Å². The zero-order valence-electron chi connectivity index (χ0n) is 6.91. The fraction of sp³-hybridized carbons (Fsp3) is 0.429. The summed E-state index contributed by atoms with van der Waals surface area (Å²) in [6.45, 7) is 2.58. The lowest BCUT2D eigenvalue weighted by Crippen LogP contribution is -2.06. The zero-order chi connectivity index (χ0) is 8.55. The molecule has 2 aromatic rings. The first-order chi connectivity index (χ1) is 5.81. The minimum Gasteiger partial charge on any atom is -0.330 e. The highest BCUT2D eigenvalue weighted by Gasteiger charge is 2.05. The molecule has 64 valence electrons. The molecule has 0 saturated heterocycles. The smallest absolute Gasteiger partial charge is 0.177 e. The molecule has 12 heavy (non-hydrogen) atoms. The Bertz CT molecular complexity index is 385. The summed E-state index contributed by atoms with van der Waals surface area (Å²) in [5.74, 6) is 0.889. The predicted octanol–water partition coefficient (Wildman–Crippen LogP) is -0.133. The number of nitrogens with two attached hydrogens (primary N) is 1. The van der Waals surface area contributed by atoms with Crippen molar-refractivity contribution in [3.05, 3.63) is 17.6 Å². The van der Waals surface area contributed by atoms with Crippen LogP contribution in [0.15, 0.2) is 6.07 Å². The minimum atomic E-state index is 0.596. The van der Waals surface area contributed by atoms with E-state index in [1.165, 1.54) is 0 Å². The lowest BCUT2D eigenvalue weighted by Gasteiger charge is -1.92. The van der Waals surface area contributed by atoms with E-state index in [-0.39, 0.29) is 0 Å². The summed E-state index contributed by atoms with van der Waals surface area (Å²) >= 11 is 0. The van der Waals surface area contributed by atoms with Crippen molar-refractivity contribution in [1.82, 2.24) is 19.8 Å². The molecule has 0 spiro atoms. The molecule has 3 N–H and O–H groups in total. The molecule has 0 atom stereocenters. The highest BCUT2D eigenvalue weighted by molar-refractivity contribution is 5.38. The summed E-state index contributed by atoms with van der Waals surface area (Å²) in [6.07, 6.45) is 0.751. The third kappa shape index (κ3) is 0.984. The van der Waals surface area contributed by atoms with E-state index in [2.05, 4.69) is 15.3 Å². The van der Waals surface area contributed by atoms with E-state index in [9.17, 15) is 0 Å². The van der Waals surface area contributed by atoms with Crippen LogP contribution in [-0.2, 0) is 6.42 Å². The molecule has 0 aromatic carbocycles. The lowest BCUT2D eigenvalue weighted by atomic mass is 10.4. The number of nitrogens with zero attached hydrogens (tertiary/aromatic N) is 3. The quantitative estimate of drug-likeness (QED) is 0.651. The van der Waals surface area contributed by atoms with Crippen LogP contribution in [-0.4, -0.2) is 26.4 Å². The third-order valence-electron chi connectivity index (χ3n) is 1.76. The predicted molar refractivity (Wildman–Crippen MR) is 44.8 cm³/mol. The lowest BCUT2D eigenvalue weighted by molar-refractivity contribution is 0.791. The van der Waals surface area contributed by atoms with Gasteiger partial charge in [-0.1, -0.05) is 0 Å². The summed E-state index contributed by atoms with van der Waals surface area (Å²) in [4.78, 5) is 0. The number of nitrogens with one attached hydrogen (secondary N) is 1. The molecule has 5 nitrogen and oxygen atoms in total. The fourth-order valence-electron chi connectivity index (χ4n) is 1.24. The molecular formula is C7H11N5. The molecule has 0 amide bonds. The molecule has 0 radical (unpaired) electrons. The third-order valence-corrected chi connectivity index (χ3v) is 1.76. The molecule has 2 rings (SSSR count). The highest BCUT2D eigenvalue weighted by atomic mass is 15.4. The standard InChI is InChI=1S/C7H11N5/c1-5-4-7-10-9-6(2-3-8)12(7)11-5/h4,11H,2-3,8H2,1H3. The largest absolute Gasteiger partial charge is 0.330 e. The van der Waals surface area contributed by atoms with Gasteiger partial charge >= 0.3 is 0 Å². The second kappa shape index (κ2) is 2.60. The molecule has 0 aliphatic carbocycles. The summed E-state index contributed by atoms with van der Waals surface area (Å²) in [5.41, 5.74) is 7.36. The zero-order valence-corrected chi connectivity index (χ0v) is 6.91. The Hall–Kier alpha value is -1.36. The number of fused-ring (bicyclic) bond motifs is 1. The molecule has 0 fully saturated rings. The molecule has 0 aliphatic heterocycles. The maximum absolute atomic E-state index is 5.42. The van der Waals surface area contributed by atoms with Crippen molar-refractivity contribution in [3.8, 4) is 0 Å². The molecule has 2 heterocycles. The van der Waals surface area contributed by atoms with Gasteiger partial charge in [-0.05, 0) is 13.5 Å². The molecular weight excluding hydrogens is 154 g/mol. The van der Waals surface area contributed by atoms with Gasteiger partial charge in [0.1, 0.15) is 0 Å². The number of H-pyrrole nitrogens is 1. The van der Waals surface area contributed by atoms with Crippen LogP contribution in [0.3, 0.4) is 0 Å². The first-order valence-corrected chi connectivity index (χ1v) is 3.91. The fourth-order valence-corrected chi connectivity index (χ4v) is 1.24. The van der Waals surface area contributed by atoms with Gasteiger partial charge in [0, 0.05) is 18.2 Å². The molecule has 0 unspecified atom stereocenters. The molecule has 0 saturated carbocycles.